The molecule has 0 aromatic heterocycles. The Hall–Kier alpha value is -2.02. The van der Waals surface area contributed by atoms with E-state index in [2.05, 4.69) is 10.6 Å². The van der Waals surface area contributed by atoms with E-state index in [1.165, 1.54) is 0 Å². The molecule has 0 aliphatic carbocycles. The van der Waals surface area contributed by atoms with Crippen LogP contribution < -0.4 is 20.1 Å². The number of nitrogens with one attached hydrogen (secondary N) is 2. The molecule has 0 saturated carbocycles. The molecule has 0 saturated heterocycles. The first-order valence-corrected chi connectivity index (χ1v) is 8.16. The minimum atomic E-state index is -0.373. The number of benzene rings is 2. The fourth-order valence-corrected chi connectivity index (χ4v) is 2.65. The third-order valence-corrected chi connectivity index (χ3v) is 3.98. The number of hydrogen-bond acceptors (Lipinski definition) is 4. The van der Waals surface area contributed by atoms with E-state index in [0.29, 0.717) is 46.0 Å². The van der Waals surface area contributed by atoms with Gasteiger partial charge in [-0.1, -0.05) is 23.2 Å². The summed E-state index contributed by atoms with van der Waals surface area (Å²) in [5.74, 6) is 0.775. The first kappa shape index (κ1) is 16.8. The molecular formula is C16H12Cl2N2O3S. The predicted octanol–water partition coefficient (Wildman–Crippen LogP) is 3.89. The van der Waals surface area contributed by atoms with Crippen molar-refractivity contribution < 1.29 is 14.3 Å². The Kier molecular flexibility index (Phi) is 5.08. The van der Waals surface area contributed by atoms with E-state index in [9.17, 15) is 4.79 Å². The molecule has 2 aromatic rings. The van der Waals surface area contributed by atoms with Crippen molar-refractivity contribution in [3.05, 3.63) is 52.0 Å². The Morgan fingerprint density at radius 3 is 2.58 bits per heavy atom. The lowest BCUT2D eigenvalue weighted by Crippen LogP contribution is -2.34. The predicted molar refractivity (Wildman–Crippen MR) is 97.6 cm³/mol. The van der Waals surface area contributed by atoms with Gasteiger partial charge in [-0.3, -0.25) is 10.1 Å². The summed E-state index contributed by atoms with van der Waals surface area (Å²) in [5.41, 5.74) is 0.914. The highest BCUT2D eigenvalue weighted by atomic mass is 35.5. The second-order valence-electron chi connectivity index (χ2n) is 4.89. The molecule has 5 nitrogen and oxygen atoms in total. The summed E-state index contributed by atoms with van der Waals surface area (Å²) in [6, 6.07) is 9.85. The molecule has 3 rings (SSSR count). The highest BCUT2D eigenvalue weighted by Crippen LogP contribution is 2.30. The standard InChI is InChI=1S/C16H12Cl2N2O3S/c17-10-2-3-11(18)12(8-10)19-16(24)20-15(21)9-1-4-13-14(7-9)23-6-5-22-13/h1-4,7-8H,5-6H2,(H2,19,20,21,24). The van der Waals surface area contributed by atoms with Gasteiger partial charge in [-0.2, -0.15) is 0 Å². The van der Waals surface area contributed by atoms with Gasteiger partial charge in [0.25, 0.3) is 5.91 Å². The van der Waals surface area contributed by atoms with Gasteiger partial charge in [0.1, 0.15) is 13.2 Å². The maximum absolute atomic E-state index is 12.3. The molecule has 0 radical (unpaired) electrons. The maximum Gasteiger partial charge on any atom is 0.257 e. The Labute approximate surface area is 153 Å². The van der Waals surface area contributed by atoms with Gasteiger partial charge in [0, 0.05) is 10.6 Å². The Morgan fingerprint density at radius 1 is 1.04 bits per heavy atom. The van der Waals surface area contributed by atoms with Crippen LogP contribution in [0.1, 0.15) is 10.4 Å². The third-order valence-electron chi connectivity index (χ3n) is 3.21. The van der Waals surface area contributed by atoms with Crippen LogP contribution in [0.2, 0.25) is 10.0 Å². The molecule has 1 aliphatic heterocycles. The van der Waals surface area contributed by atoms with E-state index >= 15 is 0 Å². The van der Waals surface area contributed by atoms with E-state index in [-0.39, 0.29) is 11.0 Å². The molecule has 0 spiro atoms. The molecule has 124 valence electrons. The van der Waals surface area contributed by atoms with E-state index < -0.39 is 0 Å². The number of hydrogen-bond donors (Lipinski definition) is 2. The summed E-state index contributed by atoms with van der Waals surface area (Å²) in [7, 11) is 0. The Balaban J connectivity index is 1.68. The first-order chi connectivity index (χ1) is 11.5. The van der Waals surface area contributed by atoms with Gasteiger partial charge in [0.05, 0.1) is 10.7 Å². The Morgan fingerprint density at radius 2 is 1.79 bits per heavy atom. The minimum absolute atomic E-state index is 0.110. The highest BCUT2D eigenvalue weighted by molar-refractivity contribution is 7.80. The molecule has 0 fully saturated rings. The van der Waals surface area contributed by atoms with Crippen molar-refractivity contribution in [3.8, 4) is 11.5 Å². The van der Waals surface area contributed by atoms with Crippen molar-refractivity contribution >= 4 is 52.1 Å². The fourth-order valence-electron chi connectivity index (χ4n) is 2.11. The van der Waals surface area contributed by atoms with Gasteiger partial charge in [-0.25, -0.2) is 0 Å². The van der Waals surface area contributed by atoms with Crippen LogP contribution in [-0.4, -0.2) is 24.2 Å². The molecule has 8 heteroatoms. The van der Waals surface area contributed by atoms with Crippen molar-refractivity contribution in [3.63, 3.8) is 0 Å². The normalized spacial score (nSPS) is 12.4. The maximum atomic E-state index is 12.3. The average molecular weight is 383 g/mol. The quantitative estimate of drug-likeness (QED) is 0.771. The number of carbonyl (C=O) groups excluding carboxylic acids is 1. The molecule has 2 N–H and O–H groups in total. The van der Waals surface area contributed by atoms with Gasteiger partial charge in [0.15, 0.2) is 16.6 Å². The van der Waals surface area contributed by atoms with Crippen LogP contribution in [0.15, 0.2) is 36.4 Å². The van der Waals surface area contributed by atoms with Crippen molar-refractivity contribution in [1.29, 1.82) is 0 Å². The van der Waals surface area contributed by atoms with E-state index in [4.69, 9.17) is 44.9 Å². The van der Waals surface area contributed by atoms with Crippen molar-refractivity contribution in [2.24, 2.45) is 0 Å². The molecule has 1 heterocycles. The number of carbonyl (C=O) groups is 1. The average Bonchev–Trinajstić information content (AvgIpc) is 2.57. The largest absolute Gasteiger partial charge is 0.486 e. The second kappa shape index (κ2) is 7.25. The molecule has 0 atom stereocenters. The number of ether oxygens (including phenoxy) is 2. The van der Waals surface area contributed by atoms with Crippen molar-refractivity contribution in [1.82, 2.24) is 5.32 Å². The van der Waals surface area contributed by atoms with Crippen LogP contribution in [0.4, 0.5) is 5.69 Å². The van der Waals surface area contributed by atoms with Gasteiger partial charge in [-0.15, -0.1) is 0 Å². The van der Waals surface area contributed by atoms with E-state index in [0.717, 1.165) is 0 Å². The molecule has 0 bridgehead atoms. The minimum Gasteiger partial charge on any atom is -0.486 e. The summed E-state index contributed by atoms with van der Waals surface area (Å²) in [6.45, 7) is 0.943. The summed E-state index contributed by atoms with van der Waals surface area (Å²) in [4.78, 5) is 12.3. The molecule has 1 aliphatic rings. The van der Waals surface area contributed by atoms with Crippen molar-refractivity contribution in [2.75, 3.05) is 18.5 Å². The van der Waals surface area contributed by atoms with Gasteiger partial charge in [-0.05, 0) is 48.6 Å². The SMILES string of the molecule is O=C(NC(=S)Nc1cc(Cl)ccc1Cl)c1ccc2c(c1)OCCO2. The molecule has 2 aromatic carbocycles. The van der Waals surface area contributed by atoms with Crippen LogP contribution in [0.25, 0.3) is 0 Å². The zero-order valence-electron chi connectivity index (χ0n) is 12.3. The van der Waals surface area contributed by atoms with Crippen LogP contribution in [-0.2, 0) is 0 Å². The number of halogens is 2. The van der Waals surface area contributed by atoms with E-state index in [1.807, 2.05) is 0 Å². The lowest BCUT2D eigenvalue weighted by molar-refractivity contribution is 0.0976. The summed E-state index contributed by atoms with van der Waals surface area (Å²) in [5, 5.41) is 6.48. The van der Waals surface area contributed by atoms with Crippen LogP contribution >= 0.6 is 35.4 Å². The number of amides is 1. The smallest absolute Gasteiger partial charge is 0.257 e. The van der Waals surface area contributed by atoms with Crippen LogP contribution in [0.3, 0.4) is 0 Å². The molecule has 24 heavy (non-hydrogen) atoms. The monoisotopic (exact) mass is 382 g/mol. The summed E-state index contributed by atoms with van der Waals surface area (Å²) in [6.07, 6.45) is 0. The summed E-state index contributed by atoms with van der Waals surface area (Å²) < 4.78 is 10.9. The highest BCUT2D eigenvalue weighted by Gasteiger charge is 2.16. The lowest BCUT2D eigenvalue weighted by atomic mass is 10.2. The zero-order valence-corrected chi connectivity index (χ0v) is 14.6. The Bertz CT molecular complexity index is 814. The van der Waals surface area contributed by atoms with Gasteiger partial charge >= 0.3 is 0 Å². The third kappa shape index (κ3) is 3.90. The number of thiocarbonyl (C=S) groups is 1. The lowest BCUT2D eigenvalue weighted by Gasteiger charge is -2.18. The number of fused-ring (bicyclic) bond motifs is 1. The first-order valence-electron chi connectivity index (χ1n) is 7.00. The van der Waals surface area contributed by atoms with Crippen LogP contribution in [0.5, 0.6) is 11.5 Å². The molecule has 0 unspecified atom stereocenters. The number of anilines is 1. The molecule has 1 amide bonds. The summed E-state index contributed by atoms with van der Waals surface area (Å²) >= 11 is 17.1. The van der Waals surface area contributed by atoms with E-state index in [1.54, 1.807) is 36.4 Å². The van der Waals surface area contributed by atoms with Gasteiger partial charge in [0.2, 0.25) is 0 Å². The second-order valence-corrected chi connectivity index (χ2v) is 6.14. The zero-order chi connectivity index (χ0) is 17.1. The number of rotatable bonds is 2. The van der Waals surface area contributed by atoms with Gasteiger partial charge < -0.3 is 14.8 Å². The fraction of sp³-hybridized carbons (Fsp3) is 0.125. The topological polar surface area (TPSA) is 59.6 Å². The molecular weight excluding hydrogens is 371 g/mol. The van der Waals surface area contributed by atoms with Crippen LogP contribution in [0, 0.1) is 0 Å². The van der Waals surface area contributed by atoms with Crippen molar-refractivity contribution in [2.45, 2.75) is 0 Å².